The highest BCUT2D eigenvalue weighted by molar-refractivity contribution is 9.08. The van der Waals surface area contributed by atoms with Crippen molar-refractivity contribution in [1.29, 1.82) is 0 Å². The van der Waals surface area contributed by atoms with Gasteiger partial charge in [0.1, 0.15) is 0 Å². The molecule has 0 spiro atoms. The summed E-state index contributed by atoms with van der Waals surface area (Å²) in [4.78, 5) is 30.1. The molecular formula is C24H24BrN3O3. The van der Waals surface area contributed by atoms with Gasteiger partial charge in [0.2, 0.25) is 0 Å². The van der Waals surface area contributed by atoms with Gasteiger partial charge in [-0.25, -0.2) is 4.98 Å². The first kappa shape index (κ1) is 21.5. The standard InChI is InChI=1S/C24H24BrN3O3/c25-14-17-7-8-20(19-5-2-1-4-18(17)19)23(29)28-21-6-3-11-26-22(21)24(30)27-15-16-9-12-31-13-10-16/h1-8,11,16H,9-10,12-15H2,(H,27,30)(H,28,29). The van der Waals surface area contributed by atoms with E-state index in [0.29, 0.717) is 29.0 Å². The molecule has 0 atom stereocenters. The molecule has 1 aliphatic rings. The number of pyridine rings is 1. The lowest BCUT2D eigenvalue weighted by atomic mass is 9.99. The minimum absolute atomic E-state index is 0.212. The van der Waals surface area contributed by atoms with E-state index in [1.165, 1.54) is 0 Å². The molecule has 0 bridgehead atoms. The van der Waals surface area contributed by atoms with Gasteiger partial charge in [0.15, 0.2) is 5.69 Å². The zero-order chi connectivity index (χ0) is 21.6. The Morgan fingerprint density at radius 2 is 1.77 bits per heavy atom. The minimum atomic E-state index is -0.290. The Labute approximate surface area is 189 Å². The van der Waals surface area contributed by atoms with Crippen LogP contribution < -0.4 is 10.6 Å². The van der Waals surface area contributed by atoms with Gasteiger partial charge in [-0.3, -0.25) is 9.59 Å². The van der Waals surface area contributed by atoms with Gasteiger partial charge < -0.3 is 15.4 Å². The van der Waals surface area contributed by atoms with Crippen molar-refractivity contribution in [3.63, 3.8) is 0 Å². The number of hydrogen-bond donors (Lipinski definition) is 2. The van der Waals surface area contributed by atoms with Gasteiger partial charge in [0.05, 0.1) is 5.69 Å². The smallest absolute Gasteiger partial charge is 0.272 e. The molecule has 2 amide bonds. The van der Waals surface area contributed by atoms with E-state index >= 15 is 0 Å². The number of alkyl halides is 1. The number of ether oxygens (including phenoxy) is 1. The quantitative estimate of drug-likeness (QED) is 0.506. The molecule has 1 fully saturated rings. The van der Waals surface area contributed by atoms with Crippen LogP contribution in [0.1, 0.15) is 39.3 Å². The molecule has 2 heterocycles. The summed E-state index contributed by atoms with van der Waals surface area (Å²) in [7, 11) is 0. The number of halogens is 1. The molecule has 1 aliphatic heterocycles. The monoisotopic (exact) mass is 481 g/mol. The Hall–Kier alpha value is -2.77. The zero-order valence-corrected chi connectivity index (χ0v) is 18.7. The van der Waals surface area contributed by atoms with Crippen molar-refractivity contribution in [2.75, 3.05) is 25.1 Å². The Morgan fingerprint density at radius 3 is 2.55 bits per heavy atom. The van der Waals surface area contributed by atoms with Crippen molar-refractivity contribution in [3.05, 3.63) is 71.5 Å². The average molecular weight is 482 g/mol. The maximum absolute atomic E-state index is 13.1. The molecule has 6 nitrogen and oxygen atoms in total. The van der Waals surface area contributed by atoms with Crippen LogP contribution >= 0.6 is 15.9 Å². The van der Waals surface area contributed by atoms with Gasteiger partial charge in [-0.05, 0) is 53.3 Å². The van der Waals surface area contributed by atoms with Crippen LogP contribution in [0.25, 0.3) is 10.8 Å². The largest absolute Gasteiger partial charge is 0.381 e. The van der Waals surface area contributed by atoms with Crippen molar-refractivity contribution in [1.82, 2.24) is 10.3 Å². The molecule has 3 aromatic rings. The number of nitrogens with zero attached hydrogens (tertiary/aromatic N) is 1. The number of carbonyl (C=O) groups excluding carboxylic acids is 2. The number of rotatable bonds is 6. The highest BCUT2D eigenvalue weighted by atomic mass is 79.9. The Morgan fingerprint density at radius 1 is 1.00 bits per heavy atom. The van der Waals surface area contributed by atoms with Crippen LogP contribution in [0.15, 0.2) is 54.7 Å². The fourth-order valence-corrected chi connectivity index (χ4v) is 4.31. The van der Waals surface area contributed by atoms with Crippen LogP contribution in [-0.2, 0) is 10.1 Å². The van der Waals surface area contributed by atoms with Crippen molar-refractivity contribution < 1.29 is 14.3 Å². The molecule has 7 heteroatoms. The summed E-state index contributed by atoms with van der Waals surface area (Å²) in [5.41, 5.74) is 2.27. The molecule has 160 valence electrons. The predicted molar refractivity (Wildman–Crippen MR) is 125 cm³/mol. The maximum atomic E-state index is 13.1. The normalized spacial score (nSPS) is 14.4. The third kappa shape index (κ3) is 4.94. The van der Waals surface area contributed by atoms with Crippen LogP contribution in [0.2, 0.25) is 0 Å². The van der Waals surface area contributed by atoms with Gasteiger partial charge in [-0.1, -0.05) is 46.3 Å². The summed E-state index contributed by atoms with van der Waals surface area (Å²) in [6.45, 7) is 2.03. The van der Waals surface area contributed by atoms with E-state index in [1.54, 1.807) is 18.3 Å². The summed E-state index contributed by atoms with van der Waals surface area (Å²) in [6.07, 6.45) is 3.42. The first-order valence-corrected chi connectivity index (χ1v) is 11.5. The number of fused-ring (bicyclic) bond motifs is 1. The number of anilines is 1. The van der Waals surface area contributed by atoms with Crippen molar-refractivity contribution in [2.24, 2.45) is 5.92 Å². The maximum Gasteiger partial charge on any atom is 0.272 e. The number of nitrogens with one attached hydrogen (secondary N) is 2. The Kier molecular flexibility index (Phi) is 6.94. The molecule has 0 saturated carbocycles. The summed E-state index contributed by atoms with van der Waals surface area (Å²) in [6, 6.07) is 15.0. The van der Waals surface area contributed by atoms with Crippen molar-refractivity contribution in [2.45, 2.75) is 18.2 Å². The lowest BCUT2D eigenvalue weighted by molar-refractivity contribution is 0.0642. The lowest BCUT2D eigenvalue weighted by Crippen LogP contribution is -2.33. The van der Waals surface area contributed by atoms with Crippen molar-refractivity contribution >= 4 is 44.2 Å². The van der Waals surface area contributed by atoms with Crippen LogP contribution in [0.3, 0.4) is 0 Å². The average Bonchev–Trinajstić information content (AvgIpc) is 2.82. The van der Waals surface area contributed by atoms with E-state index in [4.69, 9.17) is 4.74 Å². The topological polar surface area (TPSA) is 80.3 Å². The number of benzene rings is 2. The van der Waals surface area contributed by atoms with Gasteiger partial charge >= 0.3 is 0 Å². The van der Waals surface area contributed by atoms with E-state index in [9.17, 15) is 9.59 Å². The van der Waals surface area contributed by atoms with Gasteiger partial charge in [-0.15, -0.1) is 0 Å². The SMILES string of the molecule is O=C(NCC1CCOCC1)c1ncccc1NC(=O)c1ccc(CBr)c2ccccc12. The van der Waals surface area contributed by atoms with E-state index < -0.39 is 0 Å². The minimum Gasteiger partial charge on any atom is -0.381 e. The molecule has 31 heavy (non-hydrogen) atoms. The molecule has 2 aromatic carbocycles. The van der Waals surface area contributed by atoms with Crippen LogP contribution in [0.5, 0.6) is 0 Å². The van der Waals surface area contributed by atoms with E-state index in [0.717, 1.165) is 42.4 Å². The van der Waals surface area contributed by atoms with E-state index in [1.807, 2.05) is 36.4 Å². The van der Waals surface area contributed by atoms with Gasteiger partial charge in [0.25, 0.3) is 11.8 Å². The van der Waals surface area contributed by atoms with E-state index in [2.05, 4.69) is 31.5 Å². The fourth-order valence-electron chi connectivity index (χ4n) is 3.82. The molecule has 1 saturated heterocycles. The van der Waals surface area contributed by atoms with E-state index in [-0.39, 0.29) is 17.5 Å². The third-order valence-corrected chi connectivity index (χ3v) is 6.17. The summed E-state index contributed by atoms with van der Waals surface area (Å²) in [5, 5.41) is 8.43. The molecule has 4 rings (SSSR count). The van der Waals surface area contributed by atoms with Crippen LogP contribution in [0.4, 0.5) is 5.69 Å². The van der Waals surface area contributed by atoms with Crippen molar-refractivity contribution in [3.8, 4) is 0 Å². The number of amides is 2. The third-order valence-electron chi connectivity index (χ3n) is 5.57. The highest BCUT2D eigenvalue weighted by Crippen LogP contribution is 2.26. The van der Waals surface area contributed by atoms with Gasteiger partial charge in [-0.2, -0.15) is 0 Å². The second-order valence-corrected chi connectivity index (χ2v) is 8.13. The molecule has 0 radical (unpaired) electrons. The fraction of sp³-hybridized carbons (Fsp3) is 0.292. The first-order chi connectivity index (χ1) is 15.2. The first-order valence-electron chi connectivity index (χ1n) is 10.4. The summed E-state index contributed by atoms with van der Waals surface area (Å²) >= 11 is 3.50. The highest BCUT2D eigenvalue weighted by Gasteiger charge is 2.19. The summed E-state index contributed by atoms with van der Waals surface area (Å²) < 4.78 is 5.37. The second kappa shape index (κ2) is 10.0. The second-order valence-electron chi connectivity index (χ2n) is 7.57. The lowest BCUT2D eigenvalue weighted by Gasteiger charge is -2.22. The summed E-state index contributed by atoms with van der Waals surface area (Å²) in [5.74, 6) is -0.163. The number of hydrogen-bond acceptors (Lipinski definition) is 4. The molecular weight excluding hydrogens is 458 g/mol. The molecule has 2 N–H and O–H groups in total. The Balaban J connectivity index is 1.53. The molecule has 1 aromatic heterocycles. The molecule has 0 unspecified atom stereocenters. The zero-order valence-electron chi connectivity index (χ0n) is 17.1. The number of carbonyl (C=O) groups is 2. The number of aromatic nitrogens is 1. The van der Waals surface area contributed by atoms with Gasteiger partial charge in [0, 0.05) is 36.8 Å². The predicted octanol–water partition coefficient (Wildman–Crippen LogP) is 4.54. The van der Waals surface area contributed by atoms with Crippen LogP contribution in [0, 0.1) is 5.92 Å². The van der Waals surface area contributed by atoms with Crippen LogP contribution in [-0.4, -0.2) is 36.6 Å². The Bertz CT molecular complexity index is 1100. The molecule has 0 aliphatic carbocycles.